The van der Waals surface area contributed by atoms with Crippen LogP contribution in [0.3, 0.4) is 0 Å². The Morgan fingerprint density at radius 3 is 2.04 bits per heavy atom. The molecule has 1 saturated heterocycles. The SMILES string of the molecule is CCOc1c(C2=N[C@@](C)(c3ccc(Cl)cc3)[C@@](C)(c3ccc(Cl)cc3)N2C(=O)N2CCN(C)[C@H](C(=O)OC)C2)cc(C(C)(C)C)c(Cl)c1S(N)(=O)=O. The third kappa shape index (κ3) is 6.89. The van der Waals surface area contributed by atoms with Gasteiger partial charge in [0.15, 0.2) is 5.75 Å². The number of carbonyl (C=O) groups excluding carboxylic acids is 2. The molecule has 0 radical (unpaired) electrons. The molecule has 0 aromatic heterocycles. The number of carbonyl (C=O) groups is 2. The number of aliphatic imine (C=N–C) groups is 1. The van der Waals surface area contributed by atoms with Crippen LogP contribution in [-0.4, -0.2) is 87.4 Å². The van der Waals surface area contributed by atoms with Crippen molar-refractivity contribution in [2.45, 2.75) is 69.0 Å². The number of likely N-dealkylation sites (N-methyl/N-ethyl adjacent to an activating group) is 1. The maximum absolute atomic E-state index is 15.4. The Morgan fingerprint density at radius 2 is 1.54 bits per heavy atom. The van der Waals surface area contributed by atoms with Crippen LogP contribution in [0.15, 0.2) is 64.5 Å². The lowest BCUT2D eigenvalue weighted by Crippen LogP contribution is -2.63. The molecule has 1 fully saturated rings. The number of urea groups is 1. The van der Waals surface area contributed by atoms with E-state index in [-0.39, 0.29) is 41.9 Å². The Morgan fingerprint density at radius 1 is 0.981 bits per heavy atom. The average Bonchev–Trinajstić information content (AvgIpc) is 3.31. The number of hydrogen-bond donors (Lipinski definition) is 1. The first-order valence-electron chi connectivity index (χ1n) is 16.7. The summed E-state index contributed by atoms with van der Waals surface area (Å²) in [6.45, 7) is 11.9. The Hall–Kier alpha value is -3.39. The maximum atomic E-state index is 15.4. The number of primary sulfonamides is 1. The van der Waals surface area contributed by atoms with Gasteiger partial charge in [-0.25, -0.2) is 18.4 Å². The van der Waals surface area contributed by atoms with E-state index in [1.807, 2.05) is 63.8 Å². The molecule has 5 rings (SSSR count). The molecule has 2 N–H and O–H groups in total. The summed E-state index contributed by atoms with van der Waals surface area (Å²) < 4.78 is 38.0. The van der Waals surface area contributed by atoms with E-state index in [1.165, 1.54) is 7.11 Å². The van der Waals surface area contributed by atoms with Gasteiger partial charge in [0, 0.05) is 29.7 Å². The minimum Gasteiger partial charge on any atom is -0.492 e. The van der Waals surface area contributed by atoms with E-state index in [9.17, 15) is 13.2 Å². The number of methoxy groups -OCH3 is 1. The summed E-state index contributed by atoms with van der Waals surface area (Å²) in [6, 6.07) is 14.8. The van der Waals surface area contributed by atoms with Crippen LogP contribution in [0.2, 0.25) is 15.1 Å². The van der Waals surface area contributed by atoms with Crippen molar-refractivity contribution in [3.63, 3.8) is 0 Å². The van der Waals surface area contributed by atoms with Gasteiger partial charge in [-0.3, -0.25) is 19.6 Å². The van der Waals surface area contributed by atoms with Crippen molar-refractivity contribution in [2.75, 3.05) is 40.4 Å². The fourth-order valence-corrected chi connectivity index (χ4v) is 8.80. The lowest BCUT2D eigenvalue weighted by Gasteiger charge is -2.48. The Bertz CT molecular complexity index is 2020. The van der Waals surface area contributed by atoms with Crippen LogP contribution < -0.4 is 9.88 Å². The standard InChI is InChI=1S/C37H44Cl3N5O6S/c1-9-51-30-26(20-27(35(2,3)4)29(40)31(30)52(41,48)49)32-42-36(5,22-10-14-24(38)15-11-22)37(6,23-12-16-25(39)17-13-23)45(32)34(47)44-19-18-43(7)28(21-44)33(46)50-8/h10-17,20,28H,9,18-19,21H2,1-8H3,(H2,41,48,49)/t28-,36-,37+/m0/s1. The molecule has 3 aromatic rings. The van der Waals surface area contributed by atoms with E-state index in [4.69, 9.17) is 54.4 Å². The maximum Gasteiger partial charge on any atom is 0.326 e. The highest BCUT2D eigenvalue weighted by molar-refractivity contribution is 7.89. The van der Waals surface area contributed by atoms with Gasteiger partial charge in [0.25, 0.3) is 0 Å². The molecule has 0 saturated carbocycles. The first-order valence-corrected chi connectivity index (χ1v) is 19.4. The molecule has 0 bridgehead atoms. The van der Waals surface area contributed by atoms with E-state index in [1.54, 1.807) is 54.1 Å². The smallest absolute Gasteiger partial charge is 0.326 e. The fourth-order valence-electron chi connectivity index (χ4n) is 7.02. The number of hydrogen-bond acceptors (Lipinski definition) is 8. The van der Waals surface area contributed by atoms with Crippen LogP contribution in [-0.2, 0) is 36.0 Å². The molecule has 0 aliphatic carbocycles. The summed E-state index contributed by atoms with van der Waals surface area (Å²) in [5, 5.41) is 6.78. The van der Waals surface area contributed by atoms with Gasteiger partial charge in [0.2, 0.25) is 10.0 Å². The quantitative estimate of drug-likeness (QED) is 0.261. The van der Waals surface area contributed by atoms with Gasteiger partial charge in [0.1, 0.15) is 27.9 Å². The second-order valence-corrected chi connectivity index (χ2v) is 17.1. The van der Waals surface area contributed by atoms with Gasteiger partial charge in [-0.15, -0.1) is 0 Å². The molecular weight excluding hydrogens is 749 g/mol. The minimum absolute atomic E-state index is 0.0226. The Kier molecular flexibility index (Phi) is 11.1. The van der Waals surface area contributed by atoms with Crippen LogP contribution in [0.25, 0.3) is 0 Å². The summed E-state index contributed by atoms with van der Waals surface area (Å²) in [7, 11) is -1.38. The third-order valence-corrected chi connectivity index (χ3v) is 12.1. The topological polar surface area (TPSA) is 135 Å². The van der Waals surface area contributed by atoms with Crippen LogP contribution >= 0.6 is 34.8 Å². The van der Waals surface area contributed by atoms with Gasteiger partial charge in [0.05, 0.1) is 24.3 Å². The molecule has 0 spiro atoms. The molecule has 2 amide bonds. The van der Waals surface area contributed by atoms with Crippen molar-refractivity contribution >= 4 is 62.7 Å². The van der Waals surface area contributed by atoms with Crippen LogP contribution in [0, 0.1) is 0 Å². The Labute approximate surface area is 320 Å². The summed E-state index contributed by atoms with van der Waals surface area (Å²) >= 11 is 19.7. The summed E-state index contributed by atoms with van der Waals surface area (Å²) in [6.07, 6.45) is 0. The average molecular weight is 793 g/mol. The van der Waals surface area contributed by atoms with Crippen molar-refractivity contribution in [3.8, 4) is 5.75 Å². The zero-order valence-electron chi connectivity index (χ0n) is 30.5. The number of piperazine rings is 1. The zero-order valence-corrected chi connectivity index (χ0v) is 33.5. The van der Waals surface area contributed by atoms with Crippen LogP contribution in [0.4, 0.5) is 4.79 Å². The number of ether oxygens (including phenoxy) is 2. The number of nitrogens with zero attached hydrogens (tertiary/aromatic N) is 4. The molecule has 52 heavy (non-hydrogen) atoms. The number of halogens is 3. The number of benzene rings is 3. The van der Waals surface area contributed by atoms with E-state index in [0.717, 1.165) is 0 Å². The van der Waals surface area contributed by atoms with Gasteiger partial charge in [-0.2, -0.15) is 0 Å². The van der Waals surface area contributed by atoms with Crippen molar-refractivity contribution < 1.29 is 27.5 Å². The molecule has 2 aliphatic rings. The number of sulfonamides is 1. The molecule has 11 nitrogen and oxygen atoms in total. The van der Waals surface area contributed by atoms with Gasteiger partial charge in [-0.05, 0) is 80.3 Å². The third-order valence-electron chi connectivity index (χ3n) is 10.1. The van der Waals surface area contributed by atoms with Crippen LogP contribution in [0.1, 0.15) is 63.8 Å². The first kappa shape index (κ1) is 39.8. The largest absolute Gasteiger partial charge is 0.492 e. The molecule has 280 valence electrons. The molecular formula is C37H44Cl3N5O6S. The van der Waals surface area contributed by atoms with Gasteiger partial charge >= 0.3 is 12.0 Å². The molecule has 2 aliphatic heterocycles. The van der Waals surface area contributed by atoms with E-state index in [0.29, 0.717) is 33.3 Å². The monoisotopic (exact) mass is 791 g/mol. The lowest BCUT2D eigenvalue weighted by atomic mass is 9.71. The molecule has 2 heterocycles. The van der Waals surface area contributed by atoms with Gasteiger partial charge < -0.3 is 14.4 Å². The van der Waals surface area contributed by atoms with Crippen molar-refractivity contribution in [1.29, 1.82) is 0 Å². The molecule has 3 atom stereocenters. The van der Waals surface area contributed by atoms with E-state index >= 15 is 4.79 Å². The molecule has 3 aromatic carbocycles. The van der Waals surface area contributed by atoms with Crippen molar-refractivity contribution in [1.82, 2.24) is 14.7 Å². The number of rotatable bonds is 7. The lowest BCUT2D eigenvalue weighted by molar-refractivity contribution is -0.148. The molecule has 0 unspecified atom stereocenters. The predicted octanol–water partition coefficient (Wildman–Crippen LogP) is 6.79. The van der Waals surface area contributed by atoms with Crippen molar-refractivity contribution in [2.24, 2.45) is 10.1 Å². The number of esters is 1. The number of amides is 2. The fraction of sp³-hybridized carbons (Fsp3) is 0.432. The minimum atomic E-state index is -4.49. The van der Waals surface area contributed by atoms with E-state index < -0.39 is 49.5 Å². The second-order valence-electron chi connectivity index (χ2n) is 14.3. The second kappa shape index (κ2) is 14.4. The normalized spacial score (nSPS) is 22.7. The molecule has 15 heteroatoms. The summed E-state index contributed by atoms with van der Waals surface area (Å²) in [4.78, 5) is 38.3. The Balaban J connectivity index is 1.92. The number of nitrogens with two attached hydrogens (primary N) is 1. The zero-order chi connectivity index (χ0) is 38.6. The summed E-state index contributed by atoms with van der Waals surface area (Å²) in [5.74, 6) is -0.501. The van der Waals surface area contributed by atoms with Crippen LogP contribution in [0.5, 0.6) is 5.75 Å². The number of amidine groups is 1. The highest BCUT2D eigenvalue weighted by atomic mass is 35.5. The van der Waals surface area contributed by atoms with E-state index in [2.05, 4.69) is 0 Å². The van der Waals surface area contributed by atoms with Crippen molar-refractivity contribution in [3.05, 3.63) is 91.9 Å². The highest BCUT2D eigenvalue weighted by Crippen LogP contribution is 2.55. The predicted molar refractivity (Wildman–Crippen MR) is 204 cm³/mol. The first-order chi connectivity index (χ1) is 24.2. The summed E-state index contributed by atoms with van der Waals surface area (Å²) in [5.41, 5.74) is -1.20. The highest BCUT2D eigenvalue weighted by Gasteiger charge is 2.61. The van der Waals surface area contributed by atoms with Gasteiger partial charge in [-0.1, -0.05) is 79.8 Å².